The van der Waals surface area contributed by atoms with Crippen LogP contribution in [0.5, 0.6) is 0 Å². The SMILES string of the molecule is CCCS(=O)(=O)Nc1cccc(-c2nc(C3CCN(C(=O)C4CCN(C(=O)C5CCN(c6ccc([C@H]7CCC(=O)NC7=O)cn6)CC5)CC4)CC3)sc2-c2ccnc(NC)n2)c1F. The van der Waals surface area contributed by atoms with Gasteiger partial charge in [-0.25, -0.2) is 32.7 Å². The maximum Gasteiger partial charge on any atom is 0.234 e. The Morgan fingerprint density at radius 2 is 1.56 bits per heavy atom. The summed E-state index contributed by atoms with van der Waals surface area (Å²) in [5, 5.41) is 6.14. The predicted octanol–water partition coefficient (Wildman–Crippen LogP) is 5.38. The predicted molar refractivity (Wildman–Crippen MR) is 238 cm³/mol. The maximum absolute atomic E-state index is 16.2. The Bertz CT molecular complexity index is 2440. The van der Waals surface area contributed by atoms with Gasteiger partial charge in [0.2, 0.25) is 39.6 Å². The maximum atomic E-state index is 16.2. The molecule has 0 unspecified atom stereocenters. The number of nitrogens with zero attached hydrogens (tertiary/aromatic N) is 7. The number of piperidine rings is 4. The van der Waals surface area contributed by atoms with Gasteiger partial charge in [0.15, 0.2) is 5.82 Å². The molecule has 0 bridgehead atoms. The summed E-state index contributed by atoms with van der Waals surface area (Å²) in [4.78, 5) is 76.4. The van der Waals surface area contributed by atoms with E-state index in [2.05, 4.69) is 35.2 Å². The van der Waals surface area contributed by atoms with Gasteiger partial charge in [-0.2, -0.15) is 0 Å². The zero-order valence-electron chi connectivity index (χ0n) is 35.5. The first-order chi connectivity index (χ1) is 30.4. The number of amides is 4. The fourth-order valence-corrected chi connectivity index (χ4v) is 11.5. The Labute approximate surface area is 370 Å². The number of carbonyl (C=O) groups excluding carboxylic acids is 4. The Kier molecular flexibility index (Phi) is 13.3. The zero-order chi connectivity index (χ0) is 44.3. The monoisotopic (exact) mass is 900 g/mol. The average Bonchev–Trinajstić information content (AvgIpc) is 3.75. The van der Waals surface area contributed by atoms with E-state index >= 15 is 4.39 Å². The van der Waals surface area contributed by atoms with Crippen LogP contribution >= 0.6 is 11.3 Å². The summed E-state index contributed by atoms with van der Waals surface area (Å²) < 4.78 is 43.7. The molecule has 4 aromatic rings. The van der Waals surface area contributed by atoms with Crippen molar-refractivity contribution in [3.8, 4) is 21.8 Å². The molecule has 19 heteroatoms. The van der Waals surface area contributed by atoms with Crippen LogP contribution in [0.1, 0.15) is 87.1 Å². The summed E-state index contributed by atoms with van der Waals surface area (Å²) in [5.74, 6) is -0.499. The topological polar surface area (TPSA) is 200 Å². The van der Waals surface area contributed by atoms with E-state index in [4.69, 9.17) is 4.98 Å². The van der Waals surface area contributed by atoms with E-state index in [0.717, 1.165) is 16.4 Å². The van der Waals surface area contributed by atoms with Crippen LogP contribution in [0.15, 0.2) is 48.8 Å². The molecule has 3 N–H and O–H groups in total. The summed E-state index contributed by atoms with van der Waals surface area (Å²) in [6, 6.07) is 10.1. The van der Waals surface area contributed by atoms with E-state index in [9.17, 15) is 27.6 Å². The summed E-state index contributed by atoms with van der Waals surface area (Å²) in [6.07, 6.45) is 8.54. The molecule has 7 heterocycles. The van der Waals surface area contributed by atoms with Gasteiger partial charge >= 0.3 is 0 Å². The number of nitrogens with one attached hydrogen (secondary N) is 3. The van der Waals surface area contributed by atoms with E-state index in [-0.39, 0.29) is 64.3 Å². The first-order valence-corrected chi connectivity index (χ1v) is 24.3. The average molecular weight is 901 g/mol. The van der Waals surface area contributed by atoms with Crippen molar-refractivity contribution in [3.05, 3.63) is 65.2 Å². The highest BCUT2D eigenvalue weighted by molar-refractivity contribution is 7.92. The number of imide groups is 1. The van der Waals surface area contributed by atoms with Crippen molar-refractivity contribution in [2.75, 3.05) is 67.0 Å². The van der Waals surface area contributed by atoms with Gasteiger partial charge in [-0.3, -0.25) is 29.2 Å². The van der Waals surface area contributed by atoms with E-state index in [1.807, 2.05) is 21.9 Å². The molecule has 3 aromatic heterocycles. The largest absolute Gasteiger partial charge is 0.357 e. The number of sulfonamides is 1. The number of aromatic nitrogens is 4. The number of hydrogen-bond acceptors (Lipinski definition) is 13. The van der Waals surface area contributed by atoms with Gasteiger partial charge < -0.3 is 20.0 Å². The lowest BCUT2D eigenvalue weighted by molar-refractivity contribution is -0.143. The number of anilines is 3. The van der Waals surface area contributed by atoms with Crippen LogP contribution in [0.2, 0.25) is 0 Å². The first kappa shape index (κ1) is 44.1. The minimum Gasteiger partial charge on any atom is -0.357 e. The number of pyridine rings is 1. The molecule has 334 valence electrons. The molecular formula is C44H53FN10O6S2. The van der Waals surface area contributed by atoms with Gasteiger partial charge in [-0.1, -0.05) is 19.1 Å². The molecule has 4 saturated heterocycles. The first-order valence-electron chi connectivity index (χ1n) is 21.8. The highest BCUT2D eigenvalue weighted by atomic mass is 32.2. The van der Waals surface area contributed by atoms with Gasteiger partial charge in [0.05, 0.1) is 38.6 Å². The second-order valence-corrected chi connectivity index (χ2v) is 19.6. The molecule has 4 fully saturated rings. The quantitative estimate of drug-likeness (QED) is 0.154. The third-order valence-corrected chi connectivity index (χ3v) is 15.4. The molecule has 8 rings (SSSR count). The Morgan fingerprint density at radius 1 is 0.873 bits per heavy atom. The van der Waals surface area contributed by atoms with Gasteiger partial charge in [0.25, 0.3) is 0 Å². The zero-order valence-corrected chi connectivity index (χ0v) is 37.1. The molecule has 4 aliphatic rings. The van der Waals surface area contributed by atoms with Crippen molar-refractivity contribution in [1.82, 2.24) is 35.1 Å². The fourth-order valence-electron chi connectivity index (χ4n) is 9.12. The molecule has 0 radical (unpaired) electrons. The third kappa shape index (κ3) is 9.83. The fraction of sp³-hybridized carbons (Fsp3) is 0.500. The third-order valence-electron chi connectivity index (χ3n) is 12.6. The van der Waals surface area contributed by atoms with Crippen LogP contribution in [-0.4, -0.2) is 114 Å². The van der Waals surface area contributed by atoms with Gasteiger partial charge in [0, 0.05) is 88.4 Å². The second-order valence-electron chi connectivity index (χ2n) is 16.7. The number of thiazole rings is 1. The highest BCUT2D eigenvalue weighted by Crippen LogP contribution is 2.43. The molecule has 4 aliphatic heterocycles. The summed E-state index contributed by atoms with van der Waals surface area (Å²) in [5.41, 5.74) is 1.73. The van der Waals surface area contributed by atoms with Crippen molar-refractivity contribution in [3.63, 3.8) is 0 Å². The molecule has 0 saturated carbocycles. The van der Waals surface area contributed by atoms with Crippen molar-refractivity contribution < 1.29 is 32.0 Å². The molecule has 1 atom stereocenters. The standard InChI is InChI=1S/C44H53FN10O6S2/c1-3-25-63(60,61)52-33-6-4-5-32(37(33)45)38-39(34-11-18-47-44(46-2)49-34)62-41(51-38)27-12-21-54(22-13-27)43(59)29-16-23-55(24-17-29)42(58)28-14-19-53(20-15-28)35-9-7-30(26-48-35)31-8-10-36(56)50-40(31)57/h4-7,9,11,18,26-29,31,52H,3,8,10,12-17,19-25H2,1-2H3,(H,46,47,49)(H,50,56,57)/t31-/m1/s1. The van der Waals surface area contributed by atoms with Crippen molar-refractivity contribution in [2.24, 2.45) is 11.8 Å². The van der Waals surface area contributed by atoms with E-state index in [1.54, 1.807) is 44.6 Å². The molecular weight excluding hydrogens is 848 g/mol. The number of halogens is 1. The molecule has 63 heavy (non-hydrogen) atoms. The van der Waals surface area contributed by atoms with E-state index < -0.39 is 15.8 Å². The number of rotatable bonds is 12. The number of carbonyl (C=O) groups is 4. The summed E-state index contributed by atoms with van der Waals surface area (Å²) >= 11 is 1.42. The van der Waals surface area contributed by atoms with Crippen LogP contribution in [0.3, 0.4) is 0 Å². The van der Waals surface area contributed by atoms with Gasteiger partial charge in [-0.15, -0.1) is 11.3 Å². The molecule has 0 aliphatic carbocycles. The minimum atomic E-state index is -3.74. The summed E-state index contributed by atoms with van der Waals surface area (Å²) in [6.45, 7) is 5.35. The molecule has 16 nitrogen and oxygen atoms in total. The number of likely N-dealkylation sites (tertiary alicyclic amines) is 2. The van der Waals surface area contributed by atoms with Crippen molar-refractivity contribution in [2.45, 2.75) is 76.5 Å². The normalized spacial score (nSPS) is 19.5. The smallest absolute Gasteiger partial charge is 0.234 e. The lowest BCUT2D eigenvalue weighted by Gasteiger charge is -2.39. The number of hydrogen-bond donors (Lipinski definition) is 3. The Hall–Kier alpha value is -5.56. The minimum absolute atomic E-state index is 0.0188. The van der Waals surface area contributed by atoms with Gasteiger partial charge in [-0.05, 0) is 81.2 Å². The molecule has 1 aromatic carbocycles. The molecule has 0 spiro atoms. The van der Waals surface area contributed by atoms with Crippen molar-refractivity contribution in [1.29, 1.82) is 0 Å². The number of benzene rings is 1. The second kappa shape index (κ2) is 19.0. The lowest BCUT2D eigenvalue weighted by Crippen LogP contribution is -2.48. The van der Waals surface area contributed by atoms with Crippen molar-refractivity contribution >= 4 is 62.4 Å². The molecule has 4 amide bonds. The van der Waals surface area contributed by atoms with Gasteiger partial charge in [0.1, 0.15) is 5.82 Å². The van der Waals surface area contributed by atoms with E-state index in [0.29, 0.717) is 119 Å². The van der Waals surface area contributed by atoms with Crippen LogP contribution in [0, 0.1) is 17.7 Å². The summed E-state index contributed by atoms with van der Waals surface area (Å²) in [7, 11) is -2.03. The van der Waals surface area contributed by atoms with Crippen LogP contribution in [0.4, 0.5) is 21.8 Å². The Balaban J connectivity index is 0.851. The van der Waals surface area contributed by atoms with Crippen LogP contribution in [-0.2, 0) is 29.2 Å². The van der Waals surface area contributed by atoms with Crippen LogP contribution in [0.25, 0.3) is 21.8 Å². The Morgan fingerprint density at radius 3 is 2.19 bits per heavy atom. The van der Waals surface area contributed by atoms with Crippen LogP contribution < -0.4 is 20.3 Å². The van der Waals surface area contributed by atoms with E-state index in [1.165, 1.54) is 17.4 Å². The lowest BCUT2D eigenvalue weighted by atomic mass is 9.90. The highest BCUT2D eigenvalue weighted by Gasteiger charge is 2.36.